The Hall–Kier alpha value is -2.79. The molecule has 0 radical (unpaired) electrons. The van der Waals surface area contributed by atoms with Gasteiger partial charge in [0.1, 0.15) is 0 Å². The van der Waals surface area contributed by atoms with Crippen LogP contribution >= 0.6 is 0 Å². The zero-order valence-electron chi connectivity index (χ0n) is 13.0. The van der Waals surface area contributed by atoms with Crippen LogP contribution < -0.4 is 5.32 Å². The molecule has 0 spiro atoms. The van der Waals surface area contributed by atoms with Gasteiger partial charge in [-0.3, -0.25) is 4.79 Å². The summed E-state index contributed by atoms with van der Waals surface area (Å²) in [7, 11) is 0. The van der Waals surface area contributed by atoms with Gasteiger partial charge in [-0.1, -0.05) is 48.2 Å². The van der Waals surface area contributed by atoms with Crippen LogP contribution in [0.5, 0.6) is 0 Å². The van der Waals surface area contributed by atoms with Crippen molar-refractivity contribution in [2.24, 2.45) is 0 Å². The van der Waals surface area contributed by atoms with Crippen LogP contribution in [-0.2, 0) is 0 Å². The van der Waals surface area contributed by atoms with Crippen molar-refractivity contribution in [1.29, 1.82) is 0 Å². The number of anilines is 1. The standard InChI is InChI=1S/C21H19NO/c23-21(22-19-12-5-2-6-13-19)20-14-8-7-11-18(20)16-15-17-9-3-1-4-10-17/h2,5-9,11-14H,1,3-4,10H2,(H,22,23). The maximum atomic E-state index is 12.5. The van der Waals surface area contributed by atoms with Crippen LogP contribution in [0.2, 0.25) is 0 Å². The zero-order chi connectivity index (χ0) is 15.9. The van der Waals surface area contributed by atoms with Crippen molar-refractivity contribution >= 4 is 11.6 Å². The highest BCUT2D eigenvalue weighted by molar-refractivity contribution is 6.06. The van der Waals surface area contributed by atoms with Gasteiger partial charge < -0.3 is 5.32 Å². The lowest BCUT2D eigenvalue weighted by Crippen LogP contribution is -2.13. The summed E-state index contributed by atoms with van der Waals surface area (Å²) in [6.45, 7) is 0. The predicted octanol–water partition coefficient (Wildman–Crippen LogP) is 4.79. The van der Waals surface area contributed by atoms with Crippen molar-refractivity contribution in [2.75, 3.05) is 5.32 Å². The molecule has 0 heterocycles. The number of benzene rings is 2. The SMILES string of the molecule is O=C(Nc1ccccc1)c1ccccc1C#CC1=CCCCC1. The fourth-order valence-electron chi connectivity index (χ4n) is 2.61. The molecule has 0 fully saturated rings. The molecular formula is C21H19NO. The molecule has 1 aliphatic rings. The minimum absolute atomic E-state index is 0.126. The minimum Gasteiger partial charge on any atom is -0.322 e. The minimum atomic E-state index is -0.126. The number of carbonyl (C=O) groups is 1. The Balaban J connectivity index is 1.82. The smallest absolute Gasteiger partial charge is 0.256 e. The van der Waals surface area contributed by atoms with Crippen LogP contribution in [0.15, 0.2) is 66.2 Å². The second-order valence-electron chi connectivity index (χ2n) is 5.59. The van der Waals surface area contributed by atoms with Gasteiger partial charge in [-0.25, -0.2) is 0 Å². The zero-order valence-corrected chi connectivity index (χ0v) is 13.0. The van der Waals surface area contributed by atoms with E-state index >= 15 is 0 Å². The third-order valence-corrected chi connectivity index (χ3v) is 3.85. The molecule has 0 bridgehead atoms. The van der Waals surface area contributed by atoms with Gasteiger partial charge in [0.05, 0.1) is 5.56 Å². The number of amides is 1. The molecule has 2 heteroatoms. The van der Waals surface area contributed by atoms with Crippen molar-refractivity contribution in [1.82, 2.24) is 0 Å². The summed E-state index contributed by atoms with van der Waals surface area (Å²) in [5.74, 6) is 6.27. The summed E-state index contributed by atoms with van der Waals surface area (Å²) in [5, 5.41) is 2.92. The monoisotopic (exact) mass is 301 g/mol. The molecule has 0 atom stereocenters. The average Bonchev–Trinajstić information content (AvgIpc) is 2.62. The number of nitrogens with one attached hydrogen (secondary N) is 1. The predicted molar refractivity (Wildman–Crippen MR) is 94.3 cm³/mol. The highest BCUT2D eigenvalue weighted by Gasteiger charge is 2.10. The van der Waals surface area contributed by atoms with Crippen molar-refractivity contribution in [3.8, 4) is 11.8 Å². The van der Waals surface area contributed by atoms with Crippen molar-refractivity contribution < 1.29 is 4.79 Å². The van der Waals surface area contributed by atoms with E-state index in [0.717, 1.165) is 24.1 Å². The molecule has 114 valence electrons. The Morgan fingerprint density at radius 3 is 2.48 bits per heavy atom. The summed E-state index contributed by atoms with van der Waals surface area (Å²) in [5.41, 5.74) is 3.36. The van der Waals surface area contributed by atoms with E-state index in [4.69, 9.17) is 0 Å². The first-order chi connectivity index (χ1) is 11.3. The summed E-state index contributed by atoms with van der Waals surface area (Å²) in [4.78, 5) is 12.5. The molecule has 0 saturated heterocycles. The number of hydrogen-bond acceptors (Lipinski definition) is 1. The second-order valence-corrected chi connectivity index (χ2v) is 5.59. The van der Waals surface area contributed by atoms with Gasteiger partial charge in [-0.2, -0.15) is 0 Å². The normalized spacial score (nSPS) is 13.5. The average molecular weight is 301 g/mol. The topological polar surface area (TPSA) is 29.1 Å². The van der Waals surface area contributed by atoms with E-state index in [0.29, 0.717) is 5.56 Å². The summed E-state index contributed by atoms with van der Waals surface area (Å²) < 4.78 is 0. The van der Waals surface area contributed by atoms with Crippen LogP contribution in [0.25, 0.3) is 0 Å². The van der Waals surface area contributed by atoms with Crippen LogP contribution in [0.3, 0.4) is 0 Å². The highest BCUT2D eigenvalue weighted by Crippen LogP contribution is 2.17. The first kappa shape index (κ1) is 15.1. The highest BCUT2D eigenvalue weighted by atomic mass is 16.1. The quantitative estimate of drug-likeness (QED) is 0.794. The molecule has 2 aromatic rings. The molecule has 0 aromatic heterocycles. The Bertz CT molecular complexity index is 778. The third-order valence-electron chi connectivity index (χ3n) is 3.85. The molecule has 1 N–H and O–H groups in total. The van der Waals surface area contributed by atoms with Crippen LogP contribution in [0.4, 0.5) is 5.69 Å². The molecular weight excluding hydrogens is 282 g/mol. The summed E-state index contributed by atoms with van der Waals surface area (Å²) in [6.07, 6.45) is 6.83. The molecule has 23 heavy (non-hydrogen) atoms. The fourth-order valence-corrected chi connectivity index (χ4v) is 2.61. The van der Waals surface area contributed by atoms with Gasteiger partial charge in [-0.05, 0) is 55.5 Å². The molecule has 0 aliphatic heterocycles. The Morgan fingerprint density at radius 2 is 1.70 bits per heavy atom. The van der Waals surface area contributed by atoms with Gasteiger partial charge in [0.15, 0.2) is 0 Å². The Morgan fingerprint density at radius 1 is 0.913 bits per heavy atom. The molecule has 2 aromatic carbocycles. The maximum Gasteiger partial charge on any atom is 0.256 e. The molecule has 0 saturated carbocycles. The molecule has 1 amide bonds. The van der Waals surface area contributed by atoms with E-state index < -0.39 is 0 Å². The second kappa shape index (κ2) is 7.47. The van der Waals surface area contributed by atoms with Crippen LogP contribution in [0, 0.1) is 11.8 Å². The van der Waals surface area contributed by atoms with E-state index in [9.17, 15) is 4.79 Å². The van der Waals surface area contributed by atoms with Crippen molar-refractivity contribution in [3.63, 3.8) is 0 Å². The lowest BCUT2D eigenvalue weighted by molar-refractivity contribution is 0.102. The van der Waals surface area contributed by atoms with E-state index in [1.54, 1.807) is 0 Å². The summed E-state index contributed by atoms with van der Waals surface area (Å²) in [6, 6.07) is 17.0. The Kier molecular flexibility index (Phi) is 4.91. The first-order valence-electron chi connectivity index (χ1n) is 7.99. The van der Waals surface area contributed by atoms with E-state index in [-0.39, 0.29) is 5.91 Å². The third kappa shape index (κ3) is 4.11. The lowest BCUT2D eigenvalue weighted by atomic mass is 9.99. The summed E-state index contributed by atoms with van der Waals surface area (Å²) >= 11 is 0. The van der Waals surface area contributed by atoms with Gasteiger partial charge in [0, 0.05) is 11.3 Å². The van der Waals surface area contributed by atoms with E-state index in [2.05, 4.69) is 23.2 Å². The van der Waals surface area contributed by atoms with Gasteiger partial charge in [-0.15, -0.1) is 0 Å². The molecule has 2 nitrogen and oxygen atoms in total. The number of carbonyl (C=O) groups excluding carboxylic acids is 1. The lowest BCUT2D eigenvalue weighted by Gasteiger charge is -2.07. The van der Waals surface area contributed by atoms with Gasteiger partial charge in [0.2, 0.25) is 0 Å². The number of para-hydroxylation sites is 1. The number of allylic oxidation sites excluding steroid dienone is 2. The van der Waals surface area contributed by atoms with Crippen molar-refractivity contribution in [3.05, 3.63) is 77.4 Å². The first-order valence-corrected chi connectivity index (χ1v) is 7.99. The van der Waals surface area contributed by atoms with Crippen molar-refractivity contribution in [2.45, 2.75) is 25.7 Å². The largest absolute Gasteiger partial charge is 0.322 e. The molecule has 0 unspecified atom stereocenters. The van der Waals surface area contributed by atoms with E-state index in [1.807, 2.05) is 54.6 Å². The van der Waals surface area contributed by atoms with Gasteiger partial charge >= 0.3 is 0 Å². The van der Waals surface area contributed by atoms with Crippen LogP contribution in [-0.4, -0.2) is 5.91 Å². The van der Waals surface area contributed by atoms with Crippen LogP contribution in [0.1, 0.15) is 41.6 Å². The fraction of sp³-hybridized carbons (Fsp3) is 0.190. The number of rotatable bonds is 2. The molecule has 1 aliphatic carbocycles. The molecule has 3 rings (SSSR count). The Labute approximate surface area is 137 Å². The number of hydrogen-bond donors (Lipinski definition) is 1. The maximum absolute atomic E-state index is 12.5. The van der Waals surface area contributed by atoms with E-state index in [1.165, 1.54) is 18.4 Å². The van der Waals surface area contributed by atoms with Gasteiger partial charge in [0.25, 0.3) is 5.91 Å².